The largest absolute Gasteiger partial charge is 0.461 e. The zero-order valence-electron chi connectivity index (χ0n) is 24.7. The smallest absolute Gasteiger partial charge is 0.311 e. The maximum Gasteiger partial charge on any atom is 0.311 e. The van der Waals surface area contributed by atoms with Crippen LogP contribution in [-0.4, -0.2) is 89.5 Å². The second kappa shape index (κ2) is 12.2. The van der Waals surface area contributed by atoms with Gasteiger partial charge < -0.3 is 19.6 Å². The van der Waals surface area contributed by atoms with E-state index in [2.05, 4.69) is 30.4 Å². The van der Waals surface area contributed by atoms with Gasteiger partial charge in [-0.1, -0.05) is 73.3 Å². The molecule has 0 aliphatic carbocycles. The molecular formula is C33H37N5O5S. The van der Waals surface area contributed by atoms with E-state index in [1.807, 2.05) is 54.6 Å². The number of likely N-dealkylation sites (tertiary alicyclic amines) is 1. The van der Waals surface area contributed by atoms with Gasteiger partial charge in [0, 0.05) is 11.8 Å². The first-order chi connectivity index (χ1) is 21.3. The maximum atomic E-state index is 14.9. The lowest BCUT2D eigenvalue weighted by molar-refractivity contribution is -0.154. The van der Waals surface area contributed by atoms with Crippen molar-refractivity contribution in [1.82, 2.24) is 24.8 Å². The lowest BCUT2D eigenvalue weighted by Gasteiger charge is -2.42. The number of carbonyl (C=O) groups is 3. The number of carbonyl (C=O) groups excluding carboxylic acids is 3. The Morgan fingerprint density at radius 1 is 1.18 bits per heavy atom. The van der Waals surface area contributed by atoms with E-state index in [0.29, 0.717) is 18.4 Å². The van der Waals surface area contributed by atoms with Gasteiger partial charge in [0.15, 0.2) is 0 Å². The number of hydrogen-bond donors (Lipinski definition) is 1. The first kappa shape index (κ1) is 30.1. The number of aromatic nitrogens is 3. The highest BCUT2D eigenvalue weighted by Gasteiger charge is 2.77. The third kappa shape index (κ3) is 4.82. The first-order valence-corrected chi connectivity index (χ1v) is 15.8. The Hall–Kier alpha value is -3.96. The van der Waals surface area contributed by atoms with Crippen LogP contribution in [0.1, 0.15) is 18.9 Å². The summed E-state index contributed by atoms with van der Waals surface area (Å²) in [5, 5.41) is 19.2. The molecular weight excluding hydrogens is 578 g/mol. The van der Waals surface area contributed by atoms with Gasteiger partial charge in [0.2, 0.25) is 11.8 Å². The predicted molar refractivity (Wildman–Crippen MR) is 167 cm³/mol. The van der Waals surface area contributed by atoms with E-state index >= 15 is 0 Å². The Labute approximate surface area is 260 Å². The molecule has 11 heteroatoms. The Morgan fingerprint density at radius 3 is 2.66 bits per heavy atom. The Morgan fingerprint density at radius 2 is 1.93 bits per heavy atom. The first-order valence-electron chi connectivity index (χ1n) is 15.0. The number of rotatable bonds is 12. The van der Waals surface area contributed by atoms with Gasteiger partial charge in [-0.25, -0.2) is 4.68 Å². The number of thioether (sulfide) groups is 1. The molecule has 7 atom stereocenters. The van der Waals surface area contributed by atoms with E-state index in [1.54, 1.807) is 32.3 Å². The maximum absolute atomic E-state index is 14.9. The van der Waals surface area contributed by atoms with Crippen LogP contribution < -0.4 is 0 Å². The van der Waals surface area contributed by atoms with Crippen molar-refractivity contribution in [2.24, 2.45) is 17.8 Å². The van der Waals surface area contributed by atoms with E-state index in [4.69, 9.17) is 4.74 Å². The average molecular weight is 616 g/mol. The highest BCUT2D eigenvalue weighted by atomic mass is 32.2. The summed E-state index contributed by atoms with van der Waals surface area (Å²) in [6.45, 7) is 9.64. The number of nitrogens with zero attached hydrogens (tertiary/aromatic N) is 5. The predicted octanol–water partition coefficient (Wildman–Crippen LogP) is 3.07. The summed E-state index contributed by atoms with van der Waals surface area (Å²) in [6, 6.07) is 15.5. The molecule has 0 saturated carbocycles. The van der Waals surface area contributed by atoms with Crippen molar-refractivity contribution >= 4 is 40.6 Å². The Balaban J connectivity index is 1.43. The lowest BCUT2D eigenvalue weighted by atomic mass is 9.66. The summed E-state index contributed by atoms with van der Waals surface area (Å²) in [7, 11) is 0. The highest BCUT2D eigenvalue weighted by Crippen LogP contribution is 2.69. The number of aliphatic hydroxyl groups is 1. The number of ether oxygens (including phenoxy) is 1. The highest BCUT2D eigenvalue weighted by molar-refractivity contribution is 8.02. The van der Waals surface area contributed by atoms with E-state index < -0.39 is 34.6 Å². The van der Waals surface area contributed by atoms with Crippen molar-refractivity contribution in [3.05, 3.63) is 85.5 Å². The fourth-order valence-electron chi connectivity index (χ4n) is 7.50. The average Bonchev–Trinajstić information content (AvgIpc) is 3.76. The van der Waals surface area contributed by atoms with Crippen LogP contribution in [0.15, 0.2) is 79.9 Å². The van der Waals surface area contributed by atoms with E-state index in [0.717, 1.165) is 11.1 Å². The molecule has 3 saturated heterocycles. The molecule has 10 nitrogen and oxygen atoms in total. The van der Waals surface area contributed by atoms with Gasteiger partial charge in [-0.3, -0.25) is 14.4 Å². The van der Waals surface area contributed by atoms with E-state index in [9.17, 15) is 19.5 Å². The number of amides is 2. The summed E-state index contributed by atoms with van der Waals surface area (Å²) in [6.07, 6.45) is 4.20. The fraction of sp³-hybridized carbons (Fsp3) is 0.424. The second-order valence-electron chi connectivity index (χ2n) is 11.8. The summed E-state index contributed by atoms with van der Waals surface area (Å²) in [5.74, 6) is -2.48. The molecule has 44 heavy (non-hydrogen) atoms. The summed E-state index contributed by atoms with van der Waals surface area (Å²) in [5.41, 5.74) is 2.42. The van der Waals surface area contributed by atoms with Gasteiger partial charge >= 0.3 is 5.97 Å². The molecule has 3 aliphatic rings. The molecule has 1 aromatic heterocycles. The van der Waals surface area contributed by atoms with Gasteiger partial charge in [-0.2, -0.15) is 0 Å². The number of aliphatic hydroxyl groups excluding tert-OH is 1. The van der Waals surface area contributed by atoms with Crippen molar-refractivity contribution in [1.29, 1.82) is 0 Å². The Kier molecular flexibility index (Phi) is 8.34. The minimum absolute atomic E-state index is 0.0392. The van der Waals surface area contributed by atoms with Crippen molar-refractivity contribution in [2.45, 2.75) is 48.5 Å². The zero-order chi connectivity index (χ0) is 31.0. The van der Waals surface area contributed by atoms with Crippen molar-refractivity contribution < 1.29 is 24.2 Å². The van der Waals surface area contributed by atoms with Crippen LogP contribution in [0.4, 0.5) is 0 Å². The molecule has 6 rings (SSSR count). The topological polar surface area (TPSA) is 118 Å². The van der Waals surface area contributed by atoms with Crippen LogP contribution in [0.2, 0.25) is 0 Å². The molecule has 0 radical (unpaired) electrons. The summed E-state index contributed by atoms with van der Waals surface area (Å²) >= 11 is 1.57. The molecule has 3 unspecified atom stereocenters. The fourth-order valence-corrected chi connectivity index (χ4v) is 9.89. The molecule has 3 aliphatic heterocycles. The third-order valence-electron chi connectivity index (χ3n) is 9.34. The van der Waals surface area contributed by atoms with Crippen molar-refractivity contribution in [3.8, 4) is 0 Å². The van der Waals surface area contributed by atoms with Gasteiger partial charge in [0.25, 0.3) is 0 Å². The van der Waals surface area contributed by atoms with Crippen molar-refractivity contribution in [2.75, 3.05) is 19.8 Å². The quantitative estimate of drug-likeness (QED) is 0.244. The summed E-state index contributed by atoms with van der Waals surface area (Å²) in [4.78, 5) is 46.3. The van der Waals surface area contributed by atoms with Gasteiger partial charge in [-0.15, -0.1) is 23.4 Å². The number of para-hydroxylation sites is 1. The monoisotopic (exact) mass is 615 g/mol. The molecule has 1 N–H and O–H groups in total. The molecule has 2 aromatic carbocycles. The van der Waals surface area contributed by atoms with Gasteiger partial charge in [-0.05, 0) is 36.5 Å². The molecule has 2 bridgehead atoms. The van der Waals surface area contributed by atoms with Crippen LogP contribution in [0.5, 0.6) is 0 Å². The SMILES string of the molecule is C=CCOC(=O)[C@@H]1[C@H]2C(=O)N([C@@H](CO)Cc3ccccc3)C(C(=O)N(CC=C)Cn3nnc4ccccc43)C23S[C@@H]1CC3C. The van der Waals surface area contributed by atoms with Crippen LogP contribution in [0.25, 0.3) is 11.0 Å². The standard InChI is InChI=1S/C33H37N5O5S/c1-4-15-36(20-37-25-14-10-9-13-24(25)34-35-37)31(41)29-33-21(3)17-26(44-33)27(32(42)43-16-5-2)28(33)30(40)38(29)23(19-39)18-22-11-7-6-8-12-22/h4-14,21,23,26-29,39H,1-2,15-20H2,3H3/t21?,23-,26-,27+,28+,29?,33?/m1/s1. The minimum atomic E-state index is -0.919. The molecule has 3 fully saturated rings. The van der Waals surface area contributed by atoms with E-state index in [-0.39, 0.29) is 49.4 Å². The van der Waals surface area contributed by atoms with Crippen LogP contribution in [0, 0.1) is 17.8 Å². The van der Waals surface area contributed by atoms with Crippen LogP contribution >= 0.6 is 11.8 Å². The number of esters is 1. The molecule has 4 heterocycles. The number of benzene rings is 2. The Bertz CT molecular complexity index is 1580. The summed E-state index contributed by atoms with van der Waals surface area (Å²) < 4.78 is 6.30. The number of fused-ring (bicyclic) bond motifs is 2. The molecule has 2 amide bonds. The third-order valence-corrected chi connectivity index (χ3v) is 11.4. The second-order valence-corrected chi connectivity index (χ2v) is 13.4. The normalized spacial score (nSPS) is 27.7. The molecule has 3 aromatic rings. The van der Waals surface area contributed by atoms with E-state index in [1.165, 1.54) is 6.08 Å². The lowest BCUT2D eigenvalue weighted by Crippen LogP contribution is -2.59. The van der Waals surface area contributed by atoms with Gasteiger partial charge in [0.05, 0.1) is 34.7 Å². The molecule has 230 valence electrons. The van der Waals surface area contributed by atoms with Gasteiger partial charge in [0.1, 0.15) is 24.8 Å². The minimum Gasteiger partial charge on any atom is -0.461 e. The zero-order valence-corrected chi connectivity index (χ0v) is 25.5. The number of hydrogen-bond acceptors (Lipinski definition) is 8. The van der Waals surface area contributed by atoms with Crippen LogP contribution in [0.3, 0.4) is 0 Å². The molecule has 1 spiro atoms. The van der Waals surface area contributed by atoms with Crippen LogP contribution in [-0.2, 0) is 32.2 Å². The van der Waals surface area contributed by atoms with Crippen molar-refractivity contribution in [3.63, 3.8) is 0 Å².